The van der Waals surface area contributed by atoms with E-state index >= 15 is 0 Å². The van der Waals surface area contributed by atoms with Crippen LogP contribution in [-0.2, 0) is 0 Å². The molecular weight excluding hydrogens is 268 g/mol. The molecule has 6 heteroatoms. The number of aromatic carboxylic acids is 1. The van der Waals surface area contributed by atoms with E-state index in [4.69, 9.17) is 0 Å². The van der Waals surface area contributed by atoms with Crippen molar-refractivity contribution in [1.82, 2.24) is 4.98 Å². The van der Waals surface area contributed by atoms with E-state index in [1.807, 2.05) is 11.8 Å². The molecule has 2 heterocycles. The molecule has 18 heavy (non-hydrogen) atoms. The van der Waals surface area contributed by atoms with Gasteiger partial charge in [-0.05, 0) is 19.8 Å². The maximum atomic E-state index is 11.3. The summed E-state index contributed by atoms with van der Waals surface area (Å²) in [6, 6.07) is 0.448. The molecular formula is C12H16N2O2S2. The molecule has 1 aromatic heterocycles. The van der Waals surface area contributed by atoms with Gasteiger partial charge in [-0.3, -0.25) is 0 Å². The van der Waals surface area contributed by atoms with Crippen molar-refractivity contribution in [2.45, 2.75) is 31.7 Å². The van der Waals surface area contributed by atoms with Crippen molar-refractivity contribution < 1.29 is 9.90 Å². The van der Waals surface area contributed by atoms with Crippen LogP contribution in [0.15, 0.2) is 0 Å². The van der Waals surface area contributed by atoms with Crippen molar-refractivity contribution in [1.29, 1.82) is 0 Å². The second-order valence-electron chi connectivity index (χ2n) is 4.91. The first-order valence-electron chi connectivity index (χ1n) is 6.25. The quantitative estimate of drug-likeness (QED) is 0.925. The number of hydrogen-bond donors (Lipinski definition) is 1. The average Bonchev–Trinajstić information content (AvgIpc) is 3.09. The van der Waals surface area contributed by atoms with Gasteiger partial charge in [-0.15, -0.1) is 0 Å². The third kappa shape index (κ3) is 2.23. The molecule has 2 fully saturated rings. The molecule has 1 aliphatic heterocycles. The van der Waals surface area contributed by atoms with E-state index in [1.54, 1.807) is 0 Å². The normalized spacial score (nSPS) is 24.3. The largest absolute Gasteiger partial charge is 0.477 e. The fourth-order valence-electron chi connectivity index (χ4n) is 2.24. The summed E-state index contributed by atoms with van der Waals surface area (Å²) in [5, 5.41) is 10.2. The highest BCUT2D eigenvalue weighted by atomic mass is 32.2. The van der Waals surface area contributed by atoms with Crippen LogP contribution in [0.4, 0.5) is 5.13 Å². The van der Waals surface area contributed by atoms with E-state index in [2.05, 4.69) is 16.8 Å². The van der Waals surface area contributed by atoms with E-state index in [1.165, 1.54) is 11.3 Å². The highest BCUT2D eigenvalue weighted by Gasteiger charge is 2.33. The lowest BCUT2D eigenvalue weighted by atomic mass is 10.2. The van der Waals surface area contributed by atoms with Crippen LogP contribution in [0.2, 0.25) is 0 Å². The SMILES string of the molecule is CC1CSCCN1c1nc(C2CC2)c(C(=O)O)s1. The first kappa shape index (κ1) is 12.3. The summed E-state index contributed by atoms with van der Waals surface area (Å²) in [4.78, 5) is 18.6. The zero-order chi connectivity index (χ0) is 12.7. The Morgan fingerprint density at radius 1 is 1.50 bits per heavy atom. The Balaban J connectivity index is 1.92. The third-order valence-electron chi connectivity index (χ3n) is 3.41. The van der Waals surface area contributed by atoms with Gasteiger partial charge >= 0.3 is 5.97 Å². The third-order valence-corrected chi connectivity index (χ3v) is 5.70. The molecule has 3 rings (SSSR count). The topological polar surface area (TPSA) is 53.4 Å². The van der Waals surface area contributed by atoms with Crippen LogP contribution in [0, 0.1) is 0 Å². The summed E-state index contributed by atoms with van der Waals surface area (Å²) in [6.07, 6.45) is 2.18. The number of carbonyl (C=O) groups is 1. The van der Waals surface area contributed by atoms with Gasteiger partial charge in [-0.25, -0.2) is 9.78 Å². The molecule has 1 saturated carbocycles. The van der Waals surface area contributed by atoms with Crippen LogP contribution in [0.3, 0.4) is 0 Å². The minimum atomic E-state index is -0.820. The lowest BCUT2D eigenvalue weighted by molar-refractivity contribution is 0.0700. The van der Waals surface area contributed by atoms with Crippen molar-refractivity contribution in [2.75, 3.05) is 23.0 Å². The summed E-state index contributed by atoms with van der Waals surface area (Å²) in [6.45, 7) is 3.16. The van der Waals surface area contributed by atoms with Crippen molar-refractivity contribution in [3.8, 4) is 0 Å². The molecule has 0 spiro atoms. The number of thioether (sulfide) groups is 1. The zero-order valence-electron chi connectivity index (χ0n) is 10.3. The first-order valence-corrected chi connectivity index (χ1v) is 8.22. The summed E-state index contributed by atoms with van der Waals surface area (Å²) >= 11 is 3.31. The summed E-state index contributed by atoms with van der Waals surface area (Å²) in [5.74, 6) is 1.78. The highest BCUT2D eigenvalue weighted by molar-refractivity contribution is 7.99. The first-order chi connectivity index (χ1) is 8.66. The van der Waals surface area contributed by atoms with Crippen LogP contribution in [0.1, 0.15) is 41.0 Å². The average molecular weight is 284 g/mol. The van der Waals surface area contributed by atoms with Gasteiger partial charge in [0.05, 0.1) is 5.69 Å². The number of rotatable bonds is 3. The number of carboxylic acids is 1. The molecule has 0 amide bonds. The van der Waals surface area contributed by atoms with Gasteiger partial charge in [-0.2, -0.15) is 11.8 Å². The Morgan fingerprint density at radius 2 is 2.28 bits per heavy atom. The maximum absolute atomic E-state index is 11.3. The predicted octanol–water partition coefficient (Wildman–Crippen LogP) is 2.66. The lowest BCUT2D eigenvalue weighted by Gasteiger charge is -2.32. The van der Waals surface area contributed by atoms with E-state index in [9.17, 15) is 9.90 Å². The van der Waals surface area contributed by atoms with Gasteiger partial charge in [0.25, 0.3) is 0 Å². The smallest absolute Gasteiger partial charge is 0.347 e. The molecule has 0 aromatic carbocycles. The molecule has 0 bridgehead atoms. The van der Waals surface area contributed by atoms with E-state index in [-0.39, 0.29) is 0 Å². The molecule has 2 aliphatic rings. The Labute approximate surface area is 114 Å². The maximum Gasteiger partial charge on any atom is 0.347 e. The van der Waals surface area contributed by atoms with Crippen LogP contribution >= 0.6 is 23.1 Å². The van der Waals surface area contributed by atoms with E-state index in [0.717, 1.165) is 41.7 Å². The van der Waals surface area contributed by atoms with Gasteiger partial charge in [-0.1, -0.05) is 11.3 Å². The zero-order valence-corrected chi connectivity index (χ0v) is 11.9. The fourth-order valence-corrected chi connectivity index (χ4v) is 4.37. The van der Waals surface area contributed by atoms with Crippen molar-refractivity contribution in [3.63, 3.8) is 0 Å². The van der Waals surface area contributed by atoms with Crippen LogP contribution in [0.25, 0.3) is 0 Å². The van der Waals surface area contributed by atoms with Gasteiger partial charge in [0.15, 0.2) is 5.13 Å². The molecule has 1 aliphatic carbocycles. The van der Waals surface area contributed by atoms with Gasteiger partial charge < -0.3 is 10.0 Å². The Kier molecular flexibility index (Phi) is 3.23. The Morgan fingerprint density at radius 3 is 2.89 bits per heavy atom. The van der Waals surface area contributed by atoms with E-state index < -0.39 is 5.97 Å². The summed E-state index contributed by atoms with van der Waals surface area (Å²) in [7, 11) is 0. The molecule has 4 nitrogen and oxygen atoms in total. The fraction of sp³-hybridized carbons (Fsp3) is 0.667. The minimum absolute atomic E-state index is 0.399. The number of aromatic nitrogens is 1. The Bertz CT molecular complexity index is 471. The van der Waals surface area contributed by atoms with Gasteiger partial charge in [0, 0.05) is 30.0 Å². The second-order valence-corrected chi connectivity index (χ2v) is 7.03. The molecule has 1 aromatic rings. The van der Waals surface area contributed by atoms with Crippen LogP contribution in [0.5, 0.6) is 0 Å². The molecule has 0 radical (unpaired) electrons. The Hall–Kier alpha value is -0.750. The minimum Gasteiger partial charge on any atom is -0.477 e. The number of hydrogen-bond acceptors (Lipinski definition) is 5. The molecule has 1 N–H and O–H groups in total. The monoisotopic (exact) mass is 284 g/mol. The number of nitrogens with zero attached hydrogens (tertiary/aromatic N) is 2. The predicted molar refractivity (Wildman–Crippen MR) is 75.2 cm³/mol. The van der Waals surface area contributed by atoms with Gasteiger partial charge in [0.1, 0.15) is 4.88 Å². The van der Waals surface area contributed by atoms with Crippen molar-refractivity contribution in [3.05, 3.63) is 10.6 Å². The van der Waals surface area contributed by atoms with E-state index in [0.29, 0.717) is 16.8 Å². The second kappa shape index (κ2) is 4.74. The number of carboxylic acid groups (broad SMARTS) is 1. The highest BCUT2D eigenvalue weighted by Crippen LogP contribution is 2.44. The van der Waals surface area contributed by atoms with Crippen LogP contribution in [-0.4, -0.2) is 40.2 Å². The molecule has 98 valence electrons. The summed E-state index contributed by atoms with van der Waals surface area (Å²) in [5.41, 5.74) is 0.827. The molecule has 1 saturated heterocycles. The van der Waals surface area contributed by atoms with Crippen molar-refractivity contribution in [2.24, 2.45) is 0 Å². The van der Waals surface area contributed by atoms with Crippen molar-refractivity contribution >= 4 is 34.2 Å². The lowest BCUT2D eigenvalue weighted by Crippen LogP contribution is -2.40. The molecule has 1 unspecified atom stereocenters. The van der Waals surface area contributed by atoms with Crippen LogP contribution < -0.4 is 4.90 Å². The molecule has 1 atom stereocenters. The number of anilines is 1. The number of thiazole rings is 1. The van der Waals surface area contributed by atoms with Gasteiger partial charge in [0.2, 0.25) is 0 Å². The standard InChI is InChI=1S/C12H16N2O2S2/c1-7-6-17-5-4-14(7)12-13-9(8-2-3-8)10(18-12)11(15)16/h7-8H,2-6H2,1H3,(H,15,16). The summed E-state index contributed by atoms with van der Waals surface area (Å²) < 4.78 is 0.